The van der Waals surface area contributed by atoms with Crippen molar-refractivity contribution in [1.29, 1.82) is 0 Å². The van der Waals surface area contributed by atoms with Crippen LogP contribution in [0, 0.1) is 0 Å². The number of methoxy groups -OCH3 is 2. The number of carbonyl (C=O) groups excluding carboxylic acids is 1. The van der Waals surface area contributed by atoms with Crippen molar-refractivity contribution in [3.8, 4) is 5.75 Å². The quantitative estimate of drug-likeness (QED) is 0.673. The third-order valence-electron chi connectivity index (χ3n) is 3.25. The van der Waals surface area contributed by atoms with Crippen LogP contribution in [0.4, 0.5) is 0 Å². The Labute approximate surface area is 140 Å². The summed E-state index contributed by atoms with van der Waals surface area (Å²) in [7, 11) is -1.48. The zero-order chi connectivity index (χ0) is 18.5. The van der Waals surface area contributed by atoms with Gasteiger partial charge >= 0.3 is 11.9 Å². The molecular formula is C15H21NO7S. The average Bonchev–Trinajstić information content (AvgIpc) is 2.50. The molecule has 0 saturated heterocycles. The van der Waals surface area contributed by atoms with Crippen LogP contribution in [0.1, 0.15) is 37.0 Å². The molecule has 0 bridgehead atoms. The van der Waals surface area contributed by atoms with E-state index in [-0.39, 0.29) is 29.1 Å². The number of hydrogen-bond donors (Lipinski definition) is 2. The van der Waals surface area contributed by atoms with Gasteiger partial charge in [0.1, 0.15) is 10.6 Å². The summed E-state index contributed by atoms with van der Waals surface area (Å²) in [6.45, 7) is 3.17. The lowest BCUT2D eigenvalue weighted by Gasteiger charge is -2.25. The van der Waals surface area contributed by atoms with Gasteiger partial charge in [-0.15, -0.1) is 0 Å². The lowest BCUT2D eigenvalue weighted by atomic mass is 10.0. The number of nitrogens with one attached hydrogen (secondary N) is 1. The van der Waals surface area contributed by atoms with E-state index in [1.807, 2.05) is 0 Å². The summed E-state index contributed by atoms with van der Waals surface area (Å²) in [4.78, 5) is 22.0. The zero-order valence-electron chi connectivity index (χ0n) is 14.0. The molecule has 1 aromatic carbocycles. The summed E-state index contributed by atoms with van der Waals surface area (Å²) in [6, 6.07) is 3.82. The molecule has 8 nitrogen and oxygen atoms in total. The topological polar surface area (TPSA) is 119 Å². The number of carboxylic acid groups (broad SMARTS) is 1. The molecule has 0 aliphatic carbocycles. The highest BCUT2D eigenvalue weighted by molar-refractivity contribution is 7.89. The Morgan fingerprint density at radius 2 is 1.88 bits per heavy atom. The van der Waals surface area contributed by atoms with E-state index in [1.54, 1.807) is 13.8 Å². The van der Waals surface area contributed by atoms with E-state index in [0.29, 0.717) is 0 Å². The van der Waals surface area contributed by atoms with E-state index < -0.39 is 27.5 Å². The standard InChI is InChI=1S/C15H21NO7S/c1-15(2,8-7-13(17)18)16-24(20,21)12-6-5-10(14(19)23-4)9-11(12)22-3/h5-6,9,16H,7-8H2,1-4H3,(H,17,18). The fourth-order valence-corrected chi connectivity index (χ4v) is 3.62. The minimum atomic E-state index is -3.98. The fraction of sp³-hybridized carbons (Fsp3) is 0.467. The molecule has 0 heterocycles. The first-order valence-corrected chi connectivity index (χ1v) is 8.53. The van der Waals surface area contributed by atoms with E-state index in [2.05, 4.69) is 9.46 Å². The Morgan fingerprint density at radius 3 is 2.38 bits per heavy atom. The monoisotopic (exact) mass is 359 g/mol. The van der Waals surface area contributed by atoms with Gasteiger partial charge in [0.05, 0.1) is 19.8 Å². The van der Waals surface area contributed by atoms with Crippen LogP contribution in [0.15, 0.2) is 23.1 Å². The number of benzene rings is 1. The lowest BCUT2D eigenvalue weighted by molar-refractivity contribution is -0.137. The largest absolute Gasteiger partial charge is 0.495 e. The molecule has 0 atom stereocenters. The first-order valence-electron chi connectivity index (χ1n) is 7.04. The van der Waals surface area contributed by atoms with Crippen LogP contribution in [0.25, 0.3) is 0 Å². The number of hydrogen-bond acceptors (Lipinski definition) is 6. The molecule has 134 valence electrons. The molecule has 0 fully saturated rings. The smallest absolute Gasteiger partial charge is 0.337 e. The van der Waals surface area contributed by atoms with Gasteiger partial charge in [-0.1, -0.05) is 0 Å². The first-order chi connectivity index (χ1) is 11.0. The van der Waals surface area contributed by atoms with E-state index in [1.165, 1.54) is 32.4 Å². The van der Waals surface area contributed by atoms with Gasteiger partial charge in [0, 0.05) is 12.0 Å². The Kier molecular flexibility index (Phi) is 6.33. The van der Waals surface area contributed by atoms with Crippen molar-refractivity contribution in [3.05, 3.63) is 23.8 Å². The maximum Gasteiger partial charge on any atom is 0.337 e. The molecule has 0 aliphatic rings. The third kappa shape index (κ3) is 5.20. The molecule has 0 radical (unpaired) electrons. The fourth-order valence-electron chi connectivity index (χ4n) is 2.02. The van der Waals surface area contributed by atoms with Gasteiger partial charge < -0.3 is 14.6 Å². The van der Waals surface area contributed by atoms with Crippen LogP contribution in [-0.2, 0) is 19.6 Å². The average molecular weight is 359 g/mol. The second-order valence-corrected chi connectivity index (χ2v) is 7.39. The van der Waals surface area contributed by atoms with Crippen molar-refractivity contribution in [1.82, 2.24) is 4.72 Å². The van der Waals surface area contributed by atoms with Crippen LogP contribution in [-0.4, -0.2) is 45.2 Å². The normalized spacial score (nSPS) is 11.8. The summed E-state index contributed by atoms with van der Waals surface area (Å²) in [6.07, 6.45) is -0.0575. The Bertz CT molecular complexity index is 725. The Hall–Kier alpha value is -2.13. The van der Waals surface area contributed by atoms with Crippen LogP contribution in [0.3, 0.4) is 0 Å². The van der Waals surface area contributed by atoms with E-state index in [9.17, 15) is 18.0 Å². The number of ether oxygens (including phenoxy) is 2. The number of aliphatic carboxylic acids is 1. The zero-order valence-corrected chi connectivity index (χ0v) is 14.8. The van der Waals surface area contributed by atoms with Crippen molar-refractivity contribution < 1.29 is 32.6 Å². The molecular weight excluding hydrogens is 338 g/mol. The van der Waals surface area contributed by atoms with Gasteiger partial charge in [0.25, 0.3) is 0 Å². The highest BCUT2D eigenvalue weighted by Gasteiger charge is 2.29. The molecule has 0 saturated carbocycles. The molecule has 0 aliphatic heterocycles. The molecule has 24 heavy (non-hydrogen) atoms. The highest BCUT2D eigenvalue weighted by atomic mass is 32.2. The maximum absolute atomic E-state index is 12.6. The van der Waals surface area contributed by atoms with Gasteiger partial charge in [-0.2, -0.15) is 0 Å². The van der Waals surface area contributed by atoms with Crippen molar-refractivity contribution in [2.75, 3.05) is 14.2 Å². The van der Waals surface area contributed by atoms with Crippen LogP contribution in [0.2, 0.25) is 0 Å². The van der Waals surface area contributed by atoms with Crippen molar-refractivity contribution in [3.63, 3.8) is 0 Å². The van der Waals surface area contributed by atoms with E-state index >= 15 is 0 Å². The SMILES string of the molecule is COC(=O)c1ccc(S(=O)(=O)NC(C)(C)CCC(=O)O)c(OC)c1. The molecule has 0 amide bonds. The summed E-state index contributed by atoms with van der Waals surface area (Å²) in [5.74, 6) is -1.64. The first kappa shape index (κ1) is 19.9. The Balaban J connectivity index is 3.14. The third-order valence-corrected chi connectivity index (χ3v) is 4.99. The molecule has 1 rings (SSSR count). The molecule has 0 spiro atoms. The summed E-state index contributed by atoms with van der Waals surface area (Å²) >= 11 is 0. The van der Waals surface area contributed by atoms with Gasteiger partial charge in [0.15, 0.2) is 0 Å². The van der Waals surface area contributed by atoms with Crippen molar-refractivity contribution >= 4 is 22.0 Å². The number of esters is 1. The molecule has 2 N–H and O–H groups in total. The molecule has 1 aromatic rings. The Morgan fingerprint density at radius 1 is 1.25 bits per heavy atom. The van der Waals surface area contributed by atoms with Gasteiger partial charge in [-0.25, -0.2) is 17.9 Å². The van der Waals surface area contributed by atoms with Gasteiger partial charge in [0.2, 0.25) is 10.0 Å². The lowest BCUT2D eigenvalue weighted by Crippen LogP contribution is -2.43. The predicted molar refractivity (Wildman–Crippen MR) is 85.6 cm³/mol. The highest BCUT2D eigenvalue weighted by Crippen LogP contribution is 2.27. The summed E-state index contributed by atoms with van der Waals surface area (Å²) < 4.78 is 37.2. The second-order valence-electron chi connectivity index (χ2n) is 5.74. The number of rotatable bonds is 8. The van der Waals surface area contributed by atoms with E-state index in [4.69, 9.17) is 9.84 Å². The molecule has 0 unspecified atom stereocenters. The number of sulfonamides is 1. The maximum atomic E-state index is 12.6. The summed E-state index contributed by atoms with van der Waals surface area (Å²) in [5.41, 5.74) is -0.818. The number of carboxylic acids is 1. The number of carbonyl (C=O) groups is 2. The molecule has 0 aromatic heterocycles. The van der Waals surface area contributed by atoms with Crippen molar-refractivity contribution in [2.45, 2.75) is 37.1 Å². The minimum Gasteiger partial charge on any atom is -0.495 e. The summed E-state index contributed by atoms with van der Waals surface area (Å²) in [5, 5.41) is 8.74. The van der Waals surface area contributed by atoms with Crippen LogP contribution in [0.5, 0.6) is 5.75 Å². The second kappa shape index (κ2) is 7.63. The van der Waals surface area contributed by atoms with Crippen LogP contribution >= 0.6 is 0 Å². The van der Waals surface area contributed by atoms with E-state index in [0.717, 1.165) is 0 Å². The molecule has 9 heteroatoms. The van der Waals surface area contributed by atoms with Crippen molar-refractivity contribution in [2.24, 2.45) is 0 Å². The minimum absolute atomic E-state index is 0.0144. The predicted octanol–water partition coefficient (Wildman–Crippen LogP) is 1.40. The van der Waals surface area contributed by atoms with Crippen LogP contribution < -0.4 is 9.46 Å². The van der Waals surface area contributed by atoms with Gasteiger partial charge in [-0.3, -0.25) is 4.79 Å². The van der Waals surface area contributed by atoms with Gasteiger partial charge in [-0.05, 0) is 38.5 Å².